The summed E-state index contributed by atoms with van der Waals surface area (Å²) >= 11 is 1.01. The van der Waals surface area contributed by atoms with Crippen molar-refractivity contribution in [1.82, 2.24) is 15.8 Å². The Hall–Kier alpha value is -3.26. The second-order valence-corrected chi connectivity index (χ2v) is 10.4. The van der Waals surface area contributed by atoms with Crippen LogP contribution in [0.2, 0.25) is 0 Å². The van der Waals surface area contributed by atoms with Gasteiger partial charge < -0.3 is 19.6 Å². The minimum atomic E-state index is -1.53. The topological polar surface area (TPSA) is 167 Å². The van der Waals surface area contributed by atoms with Gasteiger partial charge in [-0.25, -0.2) is 20.1 Å². The van der Waals surface area contributed by atoms with Gasteiger partial charge in [-0.2, -0.15) is 0 Å². The Morgan fingerprint density at radius 1 is 1.29 bits per heavy atom. The first kappa shape index (κ1) is 28.0. The number of amides is 3. The summed E-state index contributed by atoms with van der Waals surface area (Å²) in [4.78, 5) is 63.5. The van der Waals surface area contributed by atoms with Crippen LogP contribution in [-0.2, 0) is 33.5 Å². The van der Waals surface area contributed by atoms with Crippen LogP contribution in [0.4, 0.5) is 9.93 Å². The molecular formula is C21H31N5O8S. The SMILES string of the molecule is CC(C)COC(=O)C(C)(C)O/N=C(\C(=O)N[C@H]1CONC1=O)c1csc(NC(=O)OC(C)(C)C)n1. The summed E-state index contributed by atoms with van der Waals surface area (Å²) in [7, 11) is 0. The second-order valence-electron chi connectivity index (χ2n) is 9.50. The number of aromatic nitrogens is 1. The van der Waals surface area contributed by atoms with Crippen LogP contribution >= 0.6 is 11.3 Å². The molecule has 35 heavy (non-hydrogen) atoms. The molecule has 13 nitrogen and oxygen atoms in total. The van der Waals surface area contributed by atoms with Gasteiger partial charge in [0.05, 0.1) is 6.61 Å². The highest BCUT2D eigenvalue weighted by molar-refractivity contribution is 7.14. The van der Waals surface area contributed by atoms with E-state index in [1.165, 1.54) is 19.2 Å². The maximum absolute atomic E-state index is 12.9. The zero-order chi connectivity index (χ0) is 26.4. The Balaban J connectivity index is 2.24. The van der Waals surface area contributed by atoms with Crippen LogP contribution in [-0.4, -0.2) is 65.0 Å². The summed E-state index contributed by atoms with van der Waals surface area (Å²) in [5.41, 5.74) is -0.412. The van der Waals surface area contributed by atoms with Crippen LogP contribution in [0.1, 0.15) is 54.2 Å². The predicted octanol–water partition coefficient (Wildman–Crippen LogP) is 1.73. The van der Waals surface area contributed by atoms with E-state index in [4.69, 9.17) is 19.1 Å². The lowest BCUT2D eigenvalue weighted by Crippen LogP contribution is -2.45. The smallest absolute Gasteiger partial charge is 0.413 e. The van der Waals surface area contributed by atoms with E-state index >= 15 is 0 Å². The van der Waals surface area contributed by atoms with Crippen LogP contribution in [0, 0.1) is 5.92 Å². The van der Waals surface area contributed by atoms with Crippen molar-refractivity contribution in [3.05, 3.63) is 11.1 Å². The van der Waals surface area contributed by atoms with Crippen molar-refractivity contribution in [3.8, 4) is 0 Å². The quantitative estimate of drug-likeness (QED) is 0.253. The minimum Gasteiger partial charge on any atom is -0.462 e. The molecule has 1 fully saturated rings. The molecule has 1 aliphatic heterocycles. The van der Waals surface area contributed by atoms with E-state index in [0.717, 1.165) is 11.3 Å². The first-order valence-corrected chi connectivity index (χ1v) is 11.7. The normalized spacial score (nSPS) is 16.5. The van der Waals surface area contributed by atoms with Gasteiger partial charge in [-0.1, -0.05) is 19.0 Å². The molecule has 14 heteroatoms. The number of ether oxygens (including phenoxy) is 2. The average Bonchev–Trinajstić information content (AvgIpc) is 3.33. The number of anilines is 1. The molecule has 2 heterocycles. The molecule has 0 aromatic carbocycles. The molecular weight excluding hydrogens is 482 g/mol. The molecule has 1 aliphatic rings. The third-order valence-corrected chi connectivity index (χ3v) is 4.78. The summed E-state index contributed by atoms with van der Waals surface area (Å²) in [6.07, 6.45) is -0.730. The van der Waals surface area contributed by atoms with Crippen molar-refractivity contribution in [2.75, 3.05) is 18.5 Å². The van der Waals surface area contributed by atoms with E-state index in [-0.39, 0.29) is 35.7 Å². The standard InChI is InChI=1S/C21H31N5O8S/c1-11(2)8-31-17(29)21(6,7)34-25-14(16(28)22-12-9-32-26-15(12)27)13-10-35-18(23-13)24-19(30)33-20(3,4)5/h10-12H,8-9H2,1-7H3,(H,22,28)(H,26,27)(H,23,24,30)/b25-14-/t12-/m0/s1. The Morgan fingerprint density at radius 3 is 2.54 bits per heavy atom. The highest BCUT2D eigenvalue weighted by Crippen LogP contribution is 2.20. The third kappa shape index (κ3) is 8.79. The number of esters is 1. The maximum Gasteiger partial charge on any atom is 0.413 e. The lowest BCUT2D eigenvalue weighted by Gasteiger charge is -2.21. The monoisotopic (exact) mass is 513 g/mol. The fourth-order valence-electron chi connectivity index (χ4n) is 2.33. The van der Waals surface area contributed by atoms with Gasteiger partial charge >= 0.3 is 12.1 Å². The highest BCUT2D eigenvalue weighted by Gasteiger charge is 2.35. The molecule has 1 aromatic heterocycles. The van der Waals surface area contributed by atoms with Crippen molar-refractivity contribution < 1.29 is 38.3 Å². The van der Waals surface area contributed by atoms with Crippen LogP contribution in [0.15, 0.2) is 10.5 Å². The van der Waals surface area contributed by atoms with E-state index in [2.05, 4.69) is 26.3 Å². The largest absolute Gasteiger partial charge is 0.462 e. The summed E-state index contributed by atoms with van der Waals surface area (Å²) in [5.74, 6) is -1.91. The number of carbonyl (C=O) groups excluding carboxylic acids is 4. The van der Waals surface area contributed by atoms with E-state index in [9.17, 15) is 19.2 Å². The number of hydrogen-bond acceptors (Lipinski definition) is 11. The van der Waals surface area contributed by atoms with Gasteiger partial charge in [0.25, 0.3) is 11.8 Å². The minimum absolute atomic E-state index is 0.0317. The van der Waals surface area contributed by atoms with Gasteiger partial charge in [0.2, 0.25) is 5.60 Å². The Kier molecular flexibility index (Phi) is 9.15. The number of hydrogen-bond donors (Lipinski definition) is 3. The summed E-state index contributed by atoms with van der Waals surface area (Å²) in [6, 6.07) is -0.963. The third-order valence-electron chi connectivity index (χ3n) is 4.02. The zero-order valence-corrected chi connectivity index (χ0v) is 21.5. The molecule has 0 bridgehead atoms. The van der Waals surface area contributed by atoms with Crippen LogP contribution in [0.25, 0.3) is 0 Å². The lowest BCUT2D eigenvalue weighted by molar-refractivity contribution is -0.169. The van der Waals surface area contributed by atoms with Crippen LogP contribution in [0.3, 0.4) is 0 Å². The molecule has 3 amide bonds. The number of hydroxylamine groups is 1. The van der Waals surface area contributed by atoms with E-state index < -0.39 is 41.1 Å². The number of nitrogens with one attached hydrogen (secondary N) is 3. The Labute approximate surface area is 206 Å². The molecule has 3 N–H and O–H groups in total. The summed E-state index contributed by atoms with van der Waals surface area (Å²) in [6.45, 7) is 11.9. The number of rotatable bonds is 9. The zero-order valence-electron chi connectivity index (χ0n) is 20.7. The molecule has 0 unspecified atom stereocenters. The second kappa shape index (κ2) is 11.4. The van der Waals surface area contributed by atoms with Gasteiger partial charge in [-0.05, 0) is 40.5 Å². The van der Waals surface area contributed by atoms with E-state index in [1.54, 1.807) is 20.8 Å². The van der Waals surface area contributed by atoms with Crippen molar-refractivity contribution in [2.45, 2.75) is 65.7 Å². The van der Waals surface area contributed by atoms with Crippen molar-refractivity contribution in [2.24, 2.45) is 11.1 Å². The van der Waals surface area contributed by atoms with Crippen molar-refractivity contribution in [3.63, 3.8) is 0 Å². The van der Waals surface area contributed by atoms with Crippen LogP contribution in [0.5, 0.6) is 0 Å². The molecule has 1 atom stereocenters. The Morgan fingerprint density at radius 2 is 1.97 bits per heavy atom. The van der Waals surface area contributed by atoms with Gasteiger partial charge in [-0.15, -0.1) is 11.3 Å². The van der Waals surface area contributed by atoms with Crippen LogP contribution < -0.4 is 16.1 Å². The molecule has 194 valence electrons. The van der Waals surface area contributed by atoms with Gasteiger partial charge in [-0.3, -0.25) is 19.7 Å². The van der Waals surface area contributed by atoms with Gasteiger partial charge in [0, 0.05) is 5.38 Å². The average molecular weight is 514 g/mol. The summed E-state index contributed by atoms with van der Waals surface area (Å²) in [5, 5.41) is 10.4. The molecule has 2 rings (SSSR count). The molecule has 0 saturated carbocycles. The fourth-order valence-corrected chi connectivity index (χ4v) is 3.01. The van der Waals surface area contributed by atoms with Gasteiger partial charge in [0.15, 0.2) is 10.8 Å². The Bertz CT molecular complexity index is 983. The number of carbonyl (C=O) groups is 4. The number of thiazole rings is 1. The van der Waals surface area contributed by atoms with E-state index in [0.29, 0.717) is 0 Å². The van der Waals surface area contributed by atoms with Gasteiger partial charge in [0.1, 0.15) is 23.9 Å². The highest BCUT2D eigenvalue weighted by atomic mass is 32.1. The summed E-state index contributed by atoms with van der Waals surface area (Å²) < 4.78 is 10.4. The maximum atomic E-state index is 12.9. The predicted molar refractivity (Wildman–Crippen MR) is 125 cm³/mol. The molecule has 1 saturated heterocycles. The lowest BCUT2D eigenvalue weighted by atomic mass is 10.1. The van der Waals surface area contributed by atoms with E-state index in [1.807, 2.05) is 13.8 Å². The van der Waals surface area contributed by atoms with Crippen molar-refractivity contribution >= 4 is 46.1 Å². The molecule has 1 aromatic rings. The first-order valence-electron chi connectivity index (χ1n) is 10.8. The van der Waals surface area contributed by atoms with Crippen molar-refractivity contribution in [1.29, 1.82) is 0 Å². The number of oxime groups is 1. The molecule has 0 radical (unpaired) electrons. The molecule has 0 spiro atoms. The molecule has 0 aliphatic carbocycles. The fraction of sp³-hybridized carbons (Fsp3) is 0.619. The number of nitrogens with zero attached hydrogens (tertiary/aromatic N) is 2. The first-order chi connectivity index (χ1) is 16.2.